The fourth-order valence-corrected chi connectivity index (χ4v) is 1.65. The van der Waals surface area contributed by atoms with Crippen LogP contribution in [0, 0.1) is 6.92 Å². The van der Waals surface area contributed by atoms with Crippen LogP contribution in [-0.4, -0.2) is 11.9 Å². The van der Waals surface area contributed by atoms with Gasteiger partial charge in [0.05, 0.1) is 5.56 Å². The lowest BCUT2D eigenvalue weighted by molar-refractivity contribution is -0.132. The number of aryl methyl sites for hydroxylation is 1. The molecular formula is C17H15NO3. The molecule has 0 aliphatic rings. The topological polar surface area (TPSA) is 69.4 Å². The zero-order chi connectivity index (χ0) is 15.2. The summed E-state index contributed by atoms with van der Waals surface area (Å²) in [4.78, 5) is 23.3. The summed E-state index contributed by atoms with van der Waals surface area (Å²) in [6.45, 7) is 1.98. The Balaban J connectivity index is 1.96. The lowest BCUT2D eigenvalue weighted by Crippen LogP contribution is -2.10. The van der Waals surface area contributed by atoms with E-state index >= 15 is 0 Å². The SMILES string of the molecule is Cc1ccc(C=CC(=O)OC(=O)c2ccc(N)cc2)cc1. The lowest BCUT2D eigenvalue weighted by Gasteiger charge is -2.00. The van der Waals surface area contributed by atoms with Crippen LogP contribution in [0.5, 0.6) is 0 Å². The molecule has 0 amide bonds. The molecule has 2 N–H and O–H groups in total. The molecule has 2 rings (SSSR count). The third-order valence-corrected chi connectivity index (χ3v) is 2.83. The fourth-order valence-electron chi connectivity index (χ4n) is 1.65. The molecule has 2 aromatic carbocycles. The Morgan fingerprint density at radius 3 is 2.24 bits per heavy atom. The Hall–Kier alpha value is -2.88. The maximum Gasteiger partial charge on any atom is 0.346 e. The number of esters is 2. The van der Waals surface area contributed by atoms with Gasteiger partial charge in [-0.3, -0.25) is 0 Å². The molecule has 0 aliphatic carbocycles. The second-order valence-electron chi connectivity index (χ2n) is 4.57. The van der Waals surface area contributed by atoms with E-state index in [9.17, 15) is 9.59 Å². The van der Waals surface area contributed by atoms with Crippen molar-refractivity contribution in [3.63, 3.8) is 0 Å². The van der Waals surface area contributed by atoms with E-state index in [2.05, 4.69) is 0 Å². The first-order valence-electron chi connectivity index (χ1n) is 6.41. The summed E-state index contributed by atoms with van der Waals surface area (Å²) in [7, 11) is 0. The summed E-state index contributed by atoms with van der Waals surface area (Å²) in [5.41, 5.74) is 8.33. The second kappa shape index (κ2) is 6.52. The Morgan fingerprint density at radius 2 is 1.62 bits per heavy atom. The number of rotatable bonds is 3. The van der Waals surface area contributed by atoms with Gasteiger partial charge in [0.25, 0.3) is 0 Å². The molecule has 4 nitrogen and oxygen atoms in total. The van der Waals surface area contributed by atoms with Crippen molar-refractivity contribution in [1.29, 1.82) is 0 Å². The van der Waals surface area contributed by atoms with E-state index in [-0.39, 0.29) is 5.56 Å². The van der Waals surface area contributed by atoms with Crippen LogP contribution in [0.1, 0.15) is 21.5 Å². The van der Waals surface area contributed by atoms with Gasteiger partial charge in [0, 0.05) is 11.8 Å². The van der Waals surface area contributed by atoms with Crippen LogP contribution in [-0.2, 0) is 9.53 Å². The van der Waals surface area contributed by atoms with Crippen LogP contribution < -0.4 is 5.73 Å². The number of benzene rings is 2. The average Bonchev–Trinajstić information content (AvgIpc) is 2.47. The standard InChI is InChI=1S/C17H15NO3/c1-12-2-4-13(5-3-12)6-11-16(19)21-17(20)14-7-9-15(18)10-8-14/h2-11H,18H2,1H3. The van der Waals surface area contributed by atoms with Crippen LogP contribution in [0.2, 0.25) is 0 Å². The molecule has 0 fully saturated rings. The van der Waals surface area contributed by atoms with Gasteiger partial charge in [-0.25, -0.2) is 9.59 Å². The van der Waals surface area contributed by atoms with E-state index in [1.165, 1.54) is 18.2 Å². The van der Waals surface area contributed by atoms with Gasteiger partial charge in [-0.2, -0.15) is 0 Å². The van der Waals surface area contributed by atoms with Crippen molar-refractivity contribution in [3.8, 4) is 0 Å². The van der Waals surface area contributed by atoms with Gasteiger partial charge in [-0.05, 0) is 42.8 Å². The van der Waals surface area contributed by atoms with E-state index in [1.54, 1.807) is 18.2 Å². The molecule has 106 valence electrons. The number of carbonyl (C=O) groups is 2. The third kappa shape index (κ3) is 4.31. The average molecular weight is 281 g/mol. The molecule has 0 aromatic heterocycles. The first-order chi connectivity index (χ1) is 10.0. The number of hydrogen-bond donors (Lipinski definition) is 1. The largest absolute Gasteiger partial charge is 0.399 e. The summed E-state index contributed by atoms with van der Waals surface area (Å²) in [5.74, 6) is -1.41. The molecule has 0 bridgehead atoms. The van der Waals surface area contributed by atoms with Crippen molar-refractivity contribution < 1.29 is 14.3 Å². The molecule has 0 atom stereocenters. The fraction of sp³-hybridized carbons (Fsp3) is 0.0588. The second-order valence-corrected chi connectivity index (χ2v) is 4.57. The number of hydrogen-bond acceptors (Lipinski definition) is 4. The molecule has 0 heterocycles. The van der Waals surface area contributed by atoms with Gasteiger partial charge in [-0.15, -0.1) is 0 Å². The molecular weight excluding hydrogens is 266 g/mol. The normalized spacial score (nSPS) is 10.5. The minimum atomic E-state index is -0.711. The van der Waals surface area contributed by atoms with Crippen molar-refractivity contribution in [3.05, 3.63) is 71.3 Å². The zero-order valence-corrected chi connectivity index (χ0v) is 11.6. The molecule has 4 heteroatoms. The smallest absolute Gasteiger partial charge is 0.346 e. The Kier molecular flexibility index (Phi) is 4.51. The highest BCUT2D eigenvalue weighted by atomic mass is 16.6. The van der Waals surface area contributed by atoms with E-state index < -0.39 is 11.9 Å². The van der Waals surface area contributed by atoms with Gasteiger partial charge in [-0.1, -0.05) is 29.8 Å². The zero-order valence-electron chi connectivity index (χ0n) is 11.6. The van der Waals surface area contributed by atoms with E-state index in [4.69, 9.17) is 10.5 Å². The summed E-state index contributed by atoms with van der Waals surface area (Å²) < 4.78 is 4.72. The molecule has 0 radical (unpaired) electrons. The van der Waals surface area contributed by atoms with E-state index in [0.717, 1.165) is 11.1 Å². The number of nitrogen functional groups attached to an aromatic ring is 1. The Labute approximate surface area is 122 Å². The lowest BCUT2D eigenvalue weighted by atomic mass is 10.1. The third-order valence-electron chi connectivity index (χ3n) is 2.83. The first-order valence-corrected chi connectivity index (χ1v) is 6.41. The summed E-state index contributed by atoms with van der Waals surface area (Å²) in [5, 5.41) is 0. The minimum Gasteiger partial charge on any atom is -0.399 e. The monoisotopic (exact) mass is 281 g/mol. The molecule has 0 saturated carbocycles. The molecule has 0 spiro atoms. The van der Waals surface area contributed by atoms with Crippen molar-refractivity contribution in [2.45, 2.75) is 6.92 Å². The number of carbonyl (C=O) groups excluding carboxylic acids is 2. The summed E-state index contributed by atoms with van der Waals surface area (Å²) in [6, 6.07) is 13.8. The highest BCUT2D eigenvalue weighted by Gasteiger charge is 2.10. The number of ether oxygens (including phenoxy) is 1. The van der Waals surface area contributed by atoms with Crippen molar-refractivity contribution in [2.24, 2.45) is 0 Å². The van der Waals surface area contributed by atoms with Crippen molar-refractivity contribution >= 4 is 23.7 Å². The molecule has 0 aliphatic heterocycles. The molecule has 0 saturated heterocycles. The highest BCUT2D eigenvalue weighted by molar-refractivity contribution is 6.01. The Morgan fingerprint density at radius 1 is 1.00 bits per heavy atom. The maximum absolute atomic E-state index is 11.7. The van der Waals surface area contributed by atoms with Crippen LogP contribution in [0.25, 0.3) is 6.08 Å². The maximum atomic E-state index is 11.7. The van der Waals surface area contributed by atoms with Gasteiger partial charge >= 0.3 is 11.9 Å². The number of nitrogens with two attached hydrogens (primary N) is 1. The van der Waals surface area contributed by atoms with E-state index in [0.29, 0.717) is 5.69 Å². The predicted molar refractivity (Wildman–Crippen MR) is 81.5 cm³/mol. The molecule has 2 aromatic rings. The van der Waals surface area contributed by atoms with Crippen molar-refractivity contribution in [2.75, 3.05) is 5.73 Å². The molecule has 21 heavy (non-hydrogen) atoms. The quantitative estimate of drug-likeness (QED) is 0.406. The van der Waals surface area contributed by atoms with Crippen LogP contribution in [0.4, 0.5) is 5.69 Å². The van der Waals surface area contributed by atoms with Gasteiger partial charge in [0.2, 0.25) is 0 Å². The minimum absolute atomic E-state index is 0.279. The first kappa shape index (κ1) is 14.5. The summed E-state index contributed by atoms with van der Waals surface area (Å²) in [6.07, 6.45) is 2.82. The van der Waals surface area contributed by atoms with Crippen LogP contribution in [0.3, 0.4) is 0 Å². The summed E-state index contributed by atoms with van der Waals surface area (Å²) >= 11 is 0. The number of anilines is 1. The van der Waals surface area contributed by atoms with E-state index in [1.807, 2.05) is 31.2 Å². The predicted octanol–water partition coefficient (Wildman–Crippen LogP) is 2.97. The molecule has 0 unspecified atom stereocenters. The highest BCUT2D eigenvalue weighted by Crippen LogP contribution is 2.08. The van der Waals surface area contributed by atoms with Crippen molar-refractivity contribution in [1.82, 2.24) is 0 Å². The van der Waals surface area contributed by atoms with Gasteiger partial charge < -0.3 is 10.5 Å². The Bertz CT molecular complexity index is 670. The van der Waals surface area contributed by atoms with Crippen LogP contribution in [0.15, 0.2) is 54.6 Å². The van der Waals surface area contributed by atoms with Gasteiger partial charge in [0.1, 0.15) is 0 Å². The van der Waals surface area contributed by atoms with Gasteiger partial charge in [0.15, 0.2) is 0 Å². The van der Waals surface area contributed by atoms with Crippen LogP contribution >= 0.6 is 0 Å².